The van der Waals surface area contributed by atoms with Gasteiger partial charge in [-0.15, -0.1) is 0 Å². The fourth-order valence-electron chi connectivity index (χ4n) is 3.07. The molecular formula is C16H20ClN3O2S. The summed E-state index contributed by atoms with van der Waals surface area (Å²) in [6.45, 7) is 4.72. The van der Waals surface area contributed by atoms with E-state index < -0.39 is 10.0 Å². The first-order chi connectivity index (χ1) is 10.9. The third-order valence-electron chi connectivity index (χ3n) is 4.21. The van der Waals surface area contributed by atoms with Crippen molar-refractivity contribution in [3.05, 3.63) is 40.7 Å². The topological polar surface area (TPSA) is 55.2 Å². The standard InChI is InChI=1S/C16H20ClN3O2S/c1-12-16(23(21,22)19-10-4-3-5-11-19)13(2)20(18-12)15-8-6-14(17)7-9-15/h6-9H,3-5,10-11H2,1-2H3. The number of rotatable bonds is 3. The molecule has 1 fully saturated rings. The molecule has 2 heterocycles. The van der Waals surface area contributed by atoms with Gasteiger partial charge in [0.15, 0.2) is 0 Å². The number of aromatic nitrogens is 2. The van der Waals surface area contributed by atoms with E-state index in [-0.39, 0.29) is 0 Å². The Balaban J connectivity index is 2.05. The first-order valence-corrected chi connectivity index (χ1v) is 9.55. The van der Waals surface area contributed by atoms with Crippen LogP contribution in [0.25, 0.3) is 5.69 Å². The number of piperidine rings is 1. The molecule has 7 heteroatoms. The van der Waals surface area contributed by atoms with E-state index in [1.165, 1.54) is 0 Å². The maximum Gasteiger partial charge on any atom is 0.246 e. The molecule has 5 nitrogen and oxygen atoms in total. The second-order valence-corrected chi connectivity index (χ2v) is 8.16. The SMILES string of the molecule is Cc1nn(-c2ccc(Cl)cc2)c(C)c1S(=O)(=O)N1CCCCC1. The quantitative estimate of drug-likeness (QED) is 0.850. The predicted octanol–water partition coefficient (Wildman–Crippen LogP) is 3.32. The summed E-state index contributed by atoms with van der Waals surface area (Å²) < 4.78 is 29.2. The van der Waals surface area contributed by atoms with E-state index in [4.69, 9.17) is 11.6 Å². The molecule has 124 valence electrons. The summed E-state index contributed by atoms with van der Waals surface area (Å²) >= 11 is 5.92. The molecule has 1 aromatic carbocycles. The zero-order valence-corrected chi connectivity index (χ0v) is 14.9. The molecule has 1 aromatic heterocycles. The van der Waals surface area contributed by atoms with Gasteiger partial charge in [0.05, 0.1) is 17.1 Å². The van der Waals surface area contributed by atoms with Crippen LogP contribution in [0.15, 0.2) is 29.2 Å². The van der Waals surface area contributed by atoms with Gasteiger partial charge in [-0.1, -0.05) is 18.0 Å². The highest BCUT2D eigenvalue weighted by molar-refractivity contribution is 7.89. The molecule has 0 atom stereocenters. The maximum absolute atomic E-state index is 13.0. The Morgan fingerprint density at radius 3 is 2.26 bits per heavy atom. The number of halogens is 1. The van der Waals surface area contributed by atoms with Crippen LogP contribution >= 0.6 is 11.6 Å². The van der Waals surface area contributed by atoms with Crippen molar-refractivity contribution >= 4 is 21.6 Å². The molecule has 3 rings (SSSR count). The van der Waals surface area contributed by atoms with Gasteiger partial charge in [0.1, 0.15) is 4.90 Å². The second-order valence-electron chi connectivity index (χ2n) is 5.85. The summed E-state index contributed by atoms with van der Waals surface area (Å²) in [5.74, 6) is 0. The van der Waals surface area contributed by atoms with Gasteiger partial charge in [0.25, 0.3) is 0 Å². The second kappa shape index (κ2) is 6.26. The van der Waals surface area contributed by atoms with Crippen molar-refractivity contribution in [2.45, 2.75) is 38.0 Å². The molecule has 0 bridgehead atoms. The highest BCUT2D eigenvalue weighted by Gasteiger charge is 2.31. The first-order valence-electron chi connectivity index (χ1n) is 7.73. The van der Waals surface area contributed by atoms with E-state index in [1.807, 2.05) is 12.1 Å². The van der Waals surface area contributed by atoms with Crippen molar-refractivity contribution < 1.29 is 8.42 Å². The third-order valence-corrected chi connectivity index (χ3v) is 6.61. The van der Waals surface area contributed by atoms with Crippen LogP contribution < -0.4 is 0 Å². The molecule has 0 spiro atoms. The molecule has 0 radical (unpaired) electrons. The van der Waals surface area contributed by atoms with Crippen molar-refractivity contribution in [1.82, 2.24) is 14.1 Å². The molecule has 23 heavy (non-hydrogen) atoms. The van der Waals surface area contributed by atoms with E-state index in [2.05, 4.69) is 5.10 Å². The van der Waals surface area contributed by atoms with Crippen LogP contribution in [-0.4, -0.2) is 35.6 Å². The zero-order chi connectivity index (χ0) is 16.6. The van der Waals surface area contributed by atoms with Crippen LogP contribution in [-0.2, 0) is 10.0 Å². The Morgan fingerprint density at radius 1 is 1.04 bits per heavy atom. The van der Waals surface area contributed by atoms with Gasteiger partial charge in [-0.2, -0.15) is 9.40 Å². The van der Waals surface area contributed by atoms with Gasteiger partial charge in [-0.25, -0.2) is 13.1 Å². The predicted molar refractivity (Wildman–Crippen MR) is 90.7 cm³/mol. The zero-order valence-electron chi connectivity index (χ0n) is 13.3. The van der Waals surface area contributed by atoms with Crippen molar-refractivity contribution in [2.75, 3.05) is 13.1 Å². The van der Waals surface area contributed by atoms with E-state index in [1.54, 1.807) is 35.0 Å². The molecule has 0 unspecified atom stereocenters. The van der Waals surface area contributed by atoms with Crippen LogP contribution in [0, 0.1) is 13.8 Å². The summed E-state index contributed by atoms with van der Waals surface area (Å²) in [6.07, 6.45) is 2.93. The lowest BCUT2D eigenvalue weighted by atomic mass is 10.2. The minimum atomic E-state index is -3.49. The largest absolute Gasteiger partial charge is 0.246 e. The van der Waals surface area contributed by atoms with Crippen LogP contribution in [0.1, 0.15) is 30.7 Å². The molecular weight excluding hydrogens is 334 g/mol. The number of hydrogen-bond acceptors (Lipinski definition) is 3. The smallest absolute Gasteiger partial charge is 0.236 e. The Bertz CT molecular complexity index is 807. The fourth-order valence-corrected chi connectivity index (χ4v) is 5.07. The summed E-state index contributed by atoms with van der Waals surface area (Å²) in [5, 5.41) is 5.07. The number of aryl methyl sites for hydroxylation is 1. The summed E-state index contributed by atoms with van der Waals surface area (Å²) in [7, 11) is -3.49. The van der Waals surface area contributed by atoms with Crippen LogP contribution in [0.2, 0.25) is 5.02 Å². The molecule has 0 amide bonds. The maximum atomic E-state index is 13.0. The Kier molecular flexibility index (Phi) is 4.49. The van der Waals surface area contributed by atoms with Crippen LogP contribution in [0.4, 0.5) is 0 Å². The molecule has 0 aliphatic carbocycles. The minimum absolute atomic E-state index is 0.328. The van der Waals surface area contributed by atoms with E-state index in [0.29, 0.717) is 34.4 Å². The van der Waals surface area contributed by atoms with Crippen LogP contribution in [0.3, 0.4) is 0 Å². The van der Waals surface area contributed by atoms with Gasteiger partial charge in [0.2, 0.25) is 10.0 Å². The van der Waals surface area contributed by atoms with Gasteiger partial charge in [-0.05, 0) is 51.0 Å². The highest BCUT2D eigenvalue weighted by Crippen LogP contribution is 2.27. The molecule has 1 saturated heterocycles. The molecule has 0 N–H and O–H groups in total. The van der Waals surface area contributed by atoms with Gasteiger partial charge >= 0.3 is 0 Å². The molecule has 1 aliphatic rings. The average Bonchev–Trinajstić information content (AvgIpc) is 2.84. The Morgan fingerprint density at radius 2 is 1.65 bits per heavy atom. The molecule has 2 aromatic rings. The summed E-state index contributed by atoms with van der Waals surface area (Å²) in [4.78, 5) is 0.328. The van der Waals surface area contributed by atoms with Crippen molar-refractivity contribution in [3.63, 3.8) is 0 Å². The number of hydrogen-bond donors (Lipinski definition) is 0. The highest BCUT2D eigenvalue weighted by atomic mass is 35.5. The van der Waals surface area contributed by atoms with E-state index >= 15 is 0 Å². The van der Waals surface area contributed by atoms with Gasteiger partial charge in [0, 0.05) is 18.1 Å². The first kappa shape index (κ1) is 16.5. The van der Waals surface area contributed by atoms with E-state index in [0.717, 1.165) is 24.9 Å². The summed E-state index contributed by atoms with van der Waals surface area (Å²) in [6, 6.07) is 7.20. The van der Waals surface area contributed by atoms with Gasteiger partial charge in [-0.3, -0.25) is 0 Å². The van der Waals surface area contributed by atoms with E-state index in [9.17, 15) is 8.42 Å². The lowest BCUT2D eigenvalue weighted by molar-refractivity contribution is 0.346. The van der Waals surface area contributed by atoms with Crippen molar-refractivity contribution in [1.29, 1.82) is 0 Å². The third kappa shape index (κ3) is 3.03. The Hall–Kier alpha value is -1.37. The molecule has 0 saturated carbocycles. The average molecular weight is 354 g/mol. The number of sulfonamides is 1. The number of nitrogens with zero attached hydrogens (tertiary/aromatic N) is 3. The summed E-state index contributed by atoms with van der Waals surface area (Å²) in [5.41, 5.74) is 1.97. The van der Waals surface area contributed by atoms with Gasteiger partial charge < -0.3 is 0 Å². The van der Waals surface area contributed by atoms with Crippen molar-refractivity contribution in [3.8, 4) is 5.69 Å². The lowest BCUT2D eigenvalue weighted by Crippen LogP contribution is -2.36. The fraction of sp³-hybridized carbons (Fsp3) is 0.438. The molecule has 1 aliphatic heterocycles. The normalized spacial score (nSPS) is 16.7. The van der Waals surface area contributed by atoms with Crippen LogP contribution in [0.5, 0.6) is 0 Å². The minimum Gasteiger partial charge on any atom is -0.236 e. The Labute approximate surface area is 141 Å². The lowest BCUT2D eigenvalue weighted by Gasteiger charge is -2.25. The number of benzene rings is 1. The monoisotopic (exact) mass is 353 g/mol. The van der Waals surface area contributed by atoms with Crippen molar-refractivity contribution in [2.24, 2.45) is 0 Å².